The summed E-state index contributed by atoms with van der Waals surface area (Å²) in [6.45, 7) is -0.0615. The van der Waals surface area contributed by atoms with Crippen molar-refractivity contribution in [3.8, 4) is 0 Å². The van der Waals surface area contributed by atoms with Crippen molar-refractivity contribution in [1.82, 2.24) is 4.90 Å². The van der Waals surface area contributed by atoms with Crippen LogP contribution in [0.2, 0.25) is 10.0 Å². The van der Waals surface area contributed by atoms with Crippen LogP contribution in [0.25, 0.3) is 0 Å². The standard InChI is InChI=1S/C16H14Cl2N2O2/c1-20(16(22)11-5-3-2-4-6-11)10-15(21)19-12-7-8-13(17)14(18)9-12/h2-9H,10H2,1H3,(H,19,21). The number of halogens is 2. The van der Waals surface area contributed by atoms with Crippen LogP contribution in [0.5, 0.6) is 0 Å². The molecule has 0 bridgehead atoms. The third kappa shape index (κ3) is 4.23. The molecule has 2 aromatic rings. The number of nitrogens with one attached hydrogen (secondary N) is 1. The summed E-state index contributed by atoms with van der Waals surface area (Å²) < 4.78 is 0. The van der Waals surface area contributed by atoms with Gasteiger partial charge in [-0.25, -0.2) is 0 Å². The van der Waals surface area contributed by atoms with Gasteiger partial charge in [0.25, 0.3) is 5.91 Å². The number of hydrogen-bond acceptors (Lipinski definition) is 2. The van der Waals surface area contributed by atoms with Gasteiger partial charge in [-0.1, -0.05) is 41.4 Å². The predicted octanol–water partition coefficient (Wildman–Crippen LogP) is 3.70. The van der Waals surface area contributed by atoms with Gasteiger partial charge in [0.2, 0.25) is 5.91 Å². The number of nitrogens with zero attached hydrogens (tertiary/aromatic N) is 1. The van der Waals surface area contributed by atoms with Crippen LogP contribution in [0.15, 0.2) is 48.5 Å². The van der Waals surface area contributed by atoms with Crippen molar-refractivity contribution in [2.75, 3.05) is 18.9 Å². The van der Waals surface area contributed by atoms with E-state index in [1.54, 1.807) is 49.5 Å². The third-order valence-electron chi connectivity index (χ3n) is 2.95. The molecule has 0 saturated carbocycles. The quantitative estimate of drug-likeness (QED) is 0.925. The molecule has 0 atom stereocenters. The van der Waals surface area contributed by atoms with Crippen LogP contribution in [-0.4, -0.2) is 30.3 Å². The SMILES string of the molecule is CN(CC(=O)Nc1ccc(Cl)c(Cl)c1)C(=O)c1ccccc1. The Bertz CT molecular complexity index is 690. The predicted molar refractivity (Wildman–Crippen MR) is 88.5 cm³/mol. The molecule has 1 N–H and O–H groups in total. The fraction of sp³-hybridized carbons (Fsp3) is 0.125. The zero-order chi connectivity index (χ0) is 16.1. The van der Waals surface area contributed by atoms with Gasteiger partial charge in [-0.15, -0.1) is 0 Å². The smallest absolute Gasteiger partial charge is 0.254 e. The molecule has 0 fully saturated rings. The van der Waals surface area contributed by atoms with E-state index in [1.165, 1.54) is 4.90 Å². The van der Waals surface area contributed by atoms with E-state index < -0.39 is 0 Å². The Balaban J connectivity index is 1.96. The van der Waals surface area contributed by atoms with E-state index in [0.29, 0.717) is 21.3 Å². The van der Waals surface area contributed by atoms with E-state index in [9.17, 15) is 9.59 Å². The Morgan fingerprint density at radius 3 is 2.36 bits per heavy atom. The molecule has 6 heteroatoms. The maximum absolute atomic E-state index is 12.1. The number of amides is 2. The average Bonchev–Trinajstić information content (AvgIpc) is 2.51. The molecule has 0 radical (unpaired) electrons. The maximum atomic E-state index is 12.1. The minimum atomic E-state index is -0.315. The Hall–Kier alpha value is -2.04. The van der Waals surface area contributed by atoms with Crippen molar-refractivity contribution in [3.63, 3.8) is 0 Å². The second kappa shape index (κ2) is 7.29. The number of likely N-dealkylation sites (N-methyl/N-ethyl adjacent to an activating group) is 1. The lowest BCUT2D eigenvalue weighted by Gasteiger charge is -2.17. The summed E-state index contributed by atoms with van der Waals surface area (Å²) in [7, 11) is 1.57. The van der Waals surface area contributed by atoms with Crippen molar-refractivity contribution >= 4 is 40.7 Å². The molecule has 2 rings (SSSR count). The zero-order valence-electron chi connectivity index (χ0n) is 11.8. The second-order valence-corrected chi connectivity index (χ2v) is 5.52. The maximum Gasteiger partial charge on any atom is 0.254 e. The molecular weight excluding hydrogens is 323 g/mol. The van der Waals surface area contributed by atoms with Gasteiger partial charge in [0.15, 0.2) is 0 Å². The first-order chi connectivity index (χ1) is 10.5. The zero-order valence-corrected chi connectivity index (χ0v) is 13.4. The second-order valence-electron chi connectivity index (χ2n) is 4.70. The topological polar surface area (TPSA) is 49.4 Å². The summed E-state index contributed by atoms with van der Waals surface area (Å²) in [5, 5.41) is 3.44. The molecule has 0 spiro atoms. The van der Waals surface area contributed by atoms with E-state index in [0.717, 1.165) is 0 Å². The van der Waals surface area contributed by atoms with Crippen LogP contribution in [0, 0.1) is 0 Å². The molecule has 0 heterocycles. The number of anilines is 1. The molecule has 4 nitrogen and oxygen atoms in total. The highest BCUT2D eigenvalue weighted by molar-refractivity contribution is 6.42. The van der Waals surface area contributed by atoms with Gasteiger partial charge in [-0.05, 0) is 30.3 Å². The lowest BCUT2D eigenvalue weighted by atomic mass is 10.2. The first-order valence-electron chi connectivity index (χ1n) is 6.53. The van der Waals surface area contributed by atoms with Gasteiger partial charge < -0.3 is 10.2 Å². The first-order valence-corrected chi connectivity index (χ1v) is 7.28. The number of carbonyl (C=O) groups excluding carboxylic acids is 2. The molecule has 0 aliphatic rings. The van der Waals surface area contributed by atoms with Gasteiger partial charge in [0, 0.05) is 18.3 Å². The number of hydrogen-bond donors (Lipinski definition) is 1. The fourth-order valence-electron chi connectivity index (χ4n) is 1.86. The number of rotatable bonds is 4. The van der Waals surface area contributed by atoms with Gasteiger partial charge in [0.05, 0.1) is 16.6 Å². The molecule has 2 aromatic carbocycles. The monoisotopic (exact) mass is 336 g/mol. The van der Waals surface area contributed by atoms with Crippen molar-refractivity contribution in [2.24, 2.45) is 0 Å². The Morgan fingerprint density at radius 2 is 1.73 bits per heavy atom. The fourth-order valence-corrected chi connectivity index (χ4v) is 2.16. The Kier molecular flexibility index (Phi) is 5.41. The molecule has 22 heavy (non-hydrogen) atoms. The molecule has 0 saturated heterocycles. The number of carbonyl (C=O) groups is 2. The number of benzene rings is 2. The van der Waals surface area contributed by atoms with Crippen LogP contribution in [0.3, 0.4) is 0 Å². The summed E-state index contributed by atoms with van der Waals surface area (Å²) in [6, 6.07) is 13.6. The van der Waals surface area contributed by atoms with E-state index in [-0.39, 0.29) is 18.4 Å². The van der Waals surface area contributed by atoms with E-state index in [2.05, 4.69) is 5.32 Å². The Morgan fingerprint density at radius 1 is 1.05 bits per heavy atom. The lowest BCUT2D eigenvalue weighted by molar-refractivity contribution is -0.116. The van der Waals surface area contributed by atoms with Crippen LogP contribution >= 0.6 is 23.2 Å². The van der Waals surface area contributed by atoms with Gasteiger partial charge >= 0.3 is 0 Å². The average molecular weight is 337 g/mol. The van der Waals surface area contributed by atoms with Gasteiger partial charge in [-0.2, -0.15) is 0 Å². The molecule has 2 amide bonds. The highest BCUT2D eigenvalue weighted by Crippen LogP contribution is 2.24. The summed E-state index contributed by atoms with van der Waals surface area (Å²) in [4.78, 5) is 25.5. The van der Waals surface area contributed by atoms with Crippen LogP contribution < -0.4 is 5.32 Å². The van der Waals surface area contributed by atoms with Gasteiger partial charge in [-0.3, -0.25) is 9.59 Å². The van der Waals surface area contributed by atoms with Crippen LogP contribution in [0.4, 0.5) is 5.69 Å². The molecule has 0 aromatic heterocycles. The van der Waals surface area contributed by atoms with Crippen molar-refractivity contribution < 1.29 is 9.59 Å². The summed E-state index contributed by atoms with van der Waals surface area (Å²) in [5.74, 6) is -0.532. The Labute approximate surface area is 138 Å². The summed E-state index contributed by atoms with van der Waals surface area (Å²) in [6.07, 6.45) is 0. The third-order valence-corrected chi connectivity index (χ3v) is 3.69. The largest absolute Gasteiger partial charge is 0.332 e. The van der Waals surface area contributed by atoms with Crippen molar-refractivity contribution in [1.29, 1.82) is 0 Å². The molecule has 114 valence electrons. The van der Waals surface area contributed by atoms with E-state index in [1.807, 2.05) is 6.07 Å². The van der Waals surface area contributed by atoms with Crippen molar-refractivity contribution in [2.45, 2.75) is 0 Å². The van der Waals surface area contributed by atoms with Crippen LogP contribution in [-0.2, 0) is 4.79 Å². The highest BCUT2D eigenvalue weighted by atomic mass is 35.5. The lowest BCUT2D eigenvalue weighted by Crippen LogP contribution is -2.34. The van der Waals surface area contributed by atoms with E-state index >= 15 is 0 Å². The highest BCUT2D eigenvalue weighted by Gasteiger charge is 2.14. The van der Waals surface area contributed by atoms with Gasteiger partial charge in [0.1, 0.15) is 0 Å². The first kappa shape index (κ1) is 16.3. The molecule has 0 aliphatic heterocycles. The molecule has 0 aliphatic carbocycles. The summed E-state index contributed by atoms with van der Waals surface area (Å²) >= 11 is 11.7. The molecule has 0 unspecified atom stereocenters. The van der Waals surface area contributed by atoms with E-state index in [4.69, 9.17) is 23.2 Å². The normalized spacial score (nSPS) is 10.1. The minimum Gasteiger partial charge on any atom is -0.332 e. The summed E-state index contributed by atoms with van der Waals surface area (Å²) in [5.41, 5.74) is 1.06. The van der Waals surface area contributed by atoms with Crippen molar-refractivity contribution in [3.05, 3.63) is 64.1 Å². The van der Waals surface area contributed by atoms with Crippen LogP contribution in [0.1, 0.15) is 10.4 Å². The molecular formula is C16H14Cl2N2O2. The minimum absolute atomic E-state index is 0.0615.